The summed E-state index contributed by atoms with van der Waals surface area (Å²) < 4.78 is 36.2. The fourth-order valence-electron chi connectivity index (χ4n) is 4.57. The number of aromatic nitrogens is 7. The molecule has 0 aliphatic heterocycles. The molecule has 0 aliphatic carbocycles. The molecule has 212 valence electrons. The summed E-state index contributed by atoms with van der Waals surface area (Å²) in [6.07, 6.45) is 2.63. The molecule has 0 bridgehead atoms. The molecule has 14 heteroatoms. The largest absolute Gasteiger partial charge is 0.361 e. The lowest BCUT2D eigenvalue weighted by atomic mass is 10.1. The van der Waals surface area contributed by atoms with Crippen LogP contribution in [0.2, 0.25) is 0 Å². The van der Waals surface area contributed by atoms with Gasteiger partial charge in [0.2, 0.25) is 5.91 Å². The Kier molecular flexibility index (Phi) is 6.85. The molecule has 5 aromatic rings. The van der Waals surface area contributed by atoms with Crippen molar-refractivity contribution >= 4 is 22.9 Å². The average molecular weight is 565 g/mol. The Morgan fingerprint density at radius 3 is 2.59 bits per heavy atom. The maximum atomic E-state index is 13.8. The zero-order chi connectivity index (χ0) is 29.6. The number of pyridine rings is 2. The molecule has 12 nitrogen and oxygen atoms in total. The van der Waals surface area contributed by atoms with Crippen LogP contribution in [0.1, 0.15) is 42.6 Å². The molecule has 1 atom stereocenters. The molecular weight excluding hydrogens is 538 g/mol. The minimum atomic E-state index is -3.08. The predicted octanol–water partition coefficient (Wildman–Crippen LogP) is 3.32. The molecular formula is C27H26F2N8O4. The fraction of sp³-hybridized carbons (Fsp3) is 0.296. The highest BCUT2D eigenvalue weighted by molar-refractivity contribution is 5.93. The number of halogens is 2. The maximum absolute atomic E-state index is 13.8. The molecule has 0 spiro atoms. The minimum Gasteiger partial charge on any atom is -0.361 e. The summed E-state index contributed by atoms with van der Waals surface area (Å²) in [6, 6.07) is 7.16. The first kappa shape index (κ1) is 27.6. The number of aryl methyl sites for hydroxylation is 3. The molecule has 5 aromatic heterocycles. The van der Waals surface area contributed by atoms with E-state index in [1.165, 1.54) is 28.7 Å². The van der Waals surface area contributed by atoms with Crippen molar-refractivity contribution in [2.75, 3.05) is 5.32 Å². The molecule has 0 saturated carbocycles. The average Bonchev–Trinajstić information content (AvgIpc) is 3.55. The van der Waals surface area contributed by atoms with E-state index in [4.69, 9.17) is 4.52 Å². The van der Waals surface area contributed by atoms with Crippen LogP contribution < -0.4 is 16.6 Å². The third-order valence-electron chi connectivity index (χ3n) is 6.64. The van der Waals surface area contributed by atoms with Gasteiger partial charge in [0.05, 0.1) is 18.6 Å². The summed E-state index contributed by atoms with van der Waals surface area (Å²) >= 11 is 0. The van der Waals surface area contributed by atoms with Crippen molar-refractivity contribution in [1.82, 2.24) is 33.8 Å². The van der Waals surface area contributed by atoms with Crippen LogP contribution in [0.3, 0.4) is 0 Å². The fourth-order valence-corrected chi connectivity index (χ4v) is 4.57. The molecule has 0 unspecified atom stereocenters. The van der Waals surface area contributed by atoms with Crippen LogP contribution in [0.15, 0.2) is 57.0 Å². The summed E-state index contributed by atoms with van der Waals surface area (Å²) in [7, 11) is 1.48. The van der Waals surface area contributed by atoms with Gasteiger partial charge in [-0.25, -0.2) is 14.8 Å². The Hall–Kier alpha value is -5.01. The van der Waals surface area contributed by atoms with Gasteiger partial charge in [-0.05, 0) is 44.5 Å². The molecule has 0 fully saturated rings. The number of hydrogen-bond donors (Lipinski definition) is 1. The summed E-state index contributed by atoms with van der Waals surface area (Å²) in [6.45, 7) is 5.48. The number of hydrogen-bond acceptors (Lipinski definition) is 8. The number of carbonyl (C=O) groups is 1. The van der Waals surface area contributed by atoms with E-state index in [0.717, 1.165) is 11.5 Å². The first-order valence-corrected chi connectivity index (χ1v) is 12.6. The van der Waals surface area contributed by atoms with E-state index in [9.17, 15) is 23.2 Å². The Labute approximate surface area is 231 Å². The van der Waals surface area contributed by atoms with E-state index in [-0.39, 0.29) is 29.2 Å². The van der Waals surface area contributed by atoms with Crippen molar-refractivity contribution < 1.29 is 18.1 Å². The Morgan fingerprint density at radius 1 is 1.17 bits per heavy atom. The van der Waals surface area contributed by atoms with Gasteiger partial charge in [-0.15, -0.1) is 0 Å². The molecule has 0 aliphatic rings. The van der Waals surface area contributed by atoms with Crippen LogP contribution in [0, 0.1) is 13.8 Å². The number of nitrogens with one attached hydrogen (secondary N) is 1. The van der Waals surface area contributed by atoms with Crippen LogP contribution in [-0.2, 0) is 24.3 Å². The monoisotopic (exact) mass is 564 g/mol. The minimum absolute atomic E-state index is 0.0611. The number of fused-ring (bicyclic) bond motifs is 1. The molecule has 1 amide bonds. The van der Waals surface area contributed by atoms with E-state index in [1.807, 2.05) is 0 Å². The molecule has 0 radical (unpaired) electrons. The van der Waals surface area contributed by atoms with Gasteiger partial charge in [0.25, 0.3) is 11.5 Å². The smallest absolute Gasteiger partial charge is 0.332 e. The molecule has 5 rings (SSSR count). The molecule has 5 heterocycles. The molecule has 1 N–H and O–H groups in total. The lowest BCUT2D eigenvalue weighted by molar-refractivity contribution is -0.118. The number of anilines is 1. The maximum Gasteiger partial charge on any atom is 0.332 e. The number of amides is 1. The number of rotatable bonds is 7. The van der Waals surface area contributed by atoms with Crippen LogP contribution in [-0.4, -0.2) is 39.7 Å². The number of nitrogens with zero attached hydrogens (tertiary/aromatic N) is 7. The van der Waals surface area contributed by atoms with E-state index in [2.05, 4.69) is 25.4 Å². The van der Waals surface area contributed by atoms with Gasteiger partial charge in [-0.1, -0.05) is 11.2 Å². The Balaban J connectivity index is 1.44. The van der Waals surface area contributed by atoms with Gasteiger partial charge in [0.15, 0.2) is 11.2 Å². The Morgan fingerprint density at radius 2 is 1.93 bits per heavy atom. The number of carbonyl (C=O) groups excluding carboxylic acids is 1. The van der Waals surface area contributed by atoms with Crippen LogP contribution in [0.4, 0.5) is 14.6 Å². The van der Waals surface area contributed by atoms with Gasteiger partial charge in [0.1, 0.15) is 29.0 Å². The van der Waals surface area contributed by atoms with Crippen molar-refractivity contribution in [1.29, 1.82) is 0 Å². The van der Waals surface area contributed by atoms with E-state index in [0.29, 0.717) is 28.3 Å². The lowest BCUT2D eigenvalue weighted by Gasteiger charge is -2.16. The highest BCUT2D eigenvalue weighted by Gasteiger charge is 2.28. The molecule has 0 aromatic carbocycles. The zero-order valence-corrected chi connectivity index (χ0v) is 22.8. The van der Waals surface area contributed by atoms with Gasteiger partial charge in [0, 0.05) is 31.8 Å². The van der Waals surface area contributed by atoms with Crippen LogP contribution in [0.5, 0.6) is 0 Å². The van der Waals surface area contributed by atoms with Crippen LogP contribution in [0.25, 0.3) is 22.4 Å². The summed E-state index contributed by atoms with van der Waals surface area (Å²) in [4.78, 5) is 52.1. The van der Waals surface area contributed by atoms with E-state index >= 15 is 0 Å². The second-order valence-electron chi connectivity index (χ2n) is 9.84. The molecule has 41 heavy (non-hydrogen) atoms. The number of imidazole rings is 1. The van der Waals surface area contributed by atoms with Crippen molar-refractivity contribution in [2.24, 2.45) is 7.05 Å². The molecule has 0 saturated heterocycles. The van der Waals surface area contributed by atoms with E-state index < -0.39 is 29.1 Å². The highest BCUT2D eigenvalue weighted by Crippen LogP contribution is 2.30. The van der Waals surface area contributed by atoms with Crippen molar-refractivity contribution in [3.05, 3.63) is 86.4 Å². The van der Waals surface area contributed by atoms with Gasteiger partial charge in [-0.2, -0.15) is 8.78 Å². The highest BCUT2D eigenvalue weighted by atomic mass is 19.3. The summed E-state index contributed by atoms with van der Waals surface area (Å²) in [5, 5.41) is 6.58. The third kappa shape index (κ3) is 5.15. The van der Waals surface area contributed by atoms with Crippen LogP contribution >= 0.6 is 0 Å². The second-order valence-corrected chi connectivity index (χ2v) is 9.84. The first-order chi connectivity index (χ1) is 19.3. The second kappa shape index (κ2) is 10.2. The third-order valence-corrected chi connectivity index (χ3v) is 6.64. The van der Waals surface area contributed by atoms with Gasteiger partial charge < -0.3 is 14.4 Å². The van der Waals surface area contributed by atoms with Crippen molar-refractivity contribution in [3.63, 3.8) is 0 Å². The Bertz CT molecular complexity index is 1920. The zero-order valence-electron chi connectivity index (χ0n) is 22.8. The van der Waals surface area contributed by atoms with Gasteiger partial charge >= 0.3 is 5.69 Å². The topological polar surface area (TPSA) is 143 Å². The first-order valence-electron chi connectivity index (χ1n) is 12.6. The van der Waals surface area contributed by atoms with E-state index in [1.54, 1.807) is 51.1 Å². The normalized spacial score (nSPS) is 12.6. The predicted molar refractivity (Wildman–Crippen MR) is 145 cm³/mol. The van der Waals surface area contributed by atoms with Crippen molar-refractivity contribution in [2.45, 2.75) is 46.2 Å². The SMILES string of the molecule is Cc1cc(Cn2c(=O)c3c(ncn3[C@@H](C)C(=O)Nc3cccc(-c4cnc(C(C)(F)F)c(C)c4)n3)n(C)c2=O)no1. The standard InChI is InChI=1S/C27H26F2N8O4/c1-14-9-17(11-30-22(14)27(4,28)29)19-7-6-8-20(32-19)33-24(38)16(3)37-13-31-23-21(37)25(39)36(26(40)35(23)5)12-18-10-15(2)41-34-18/h6-11,13,16H,12H2,1-5H3,(H,32,33,38)/t16-/m0/s1. The van der Waals surface area contributed by atoms with Crippen molar-refractivity contribution in [3.8, 4) is 11.3 Å². The number of alkyl halides is 2. The summed E-state index contributed by atoms with van der Waals surface area (Å²) in [5.74, 6) is -2.84. The quantitative estimate of drug-likeness (QED) is 0.317. The van der Waals surface area contributed by atoms with Gasteiger partial charge in [-0.3, -0.25) is 23.7 Å². The summed E-state index contributed by atoms with van der Waals surface area (Å²) in [5.41, 5.74) is 0.270. The lowest BCUT2D eigenvalue weighted by Crippen LogP contribution is -2.40.